The Morgan fingerprint density at radius 1 is 0.895 bits per heavy atom. The summed E-state index contributed by atoms with van der Waals surface area (Å²) in [5, 5.41) is 16.7. The molecule has 1 saturated heterocycles. The van der Waals surface area contributed by atoms with E-state index >= 15 is 0 Å². The van der Waals surface area contributed by atoms with Crippen molar-refractivity contribution in [2.75, 3.05) is 41.7 Å². The number of rotatable bonds is 7. The van der Waals surface area contributed by atoms with Crippen LogP contribution in [0.4, 0.5) is 28.8 Å². The first-order valence-electron chi connectivity index (χ1n) is 13.7. The molecule has 0 spiro atoms. The summed E-state index contributed by atoms with van der Waals surface area (Å²) in [7, 11) is 0. The molecule has 0 amide bonds. The summed E-state index contributed by atoms with van der Waals surface area (Å²) < 4.78 is 0. The summed E-state index contributed by atoms with van der Waals surface area (Å²) in [4.78, 5) is 17.8. The van der Waals surface area contributed by atoms with E-state index in [1.807, 2.05) is 36.5 Å². The number of nitrogens with one attached hydrogen (secondary N) is 3. The fourth-order valence-corrected chi connectivity index (χ4v) is 5.76. The number of nitriles is 1. The van der Waals surface area contributed by atoms with Crippen LogP contribution in [0.3, 0.4) is 0 Å². The van der Waals surface area contributed by atoms with Crippen molar-refractivity contribution in [3.05, 3.63) is 66.4 Å². The van der Waals surface area contributed by atoms with Crippen molar-refractivity contribution in [1.82, 2.24) is 19.9 Å². The molecule has 8 nitrogen and oxygen atoms in total. The average Bonchev–Trinajstić information content (AvgIpc) is 3.44. The van der Waals surface area contributed by atoms with Crippen LogP contribution in [0.25, 0.3) is 11.0 Å². The van der Waals surface area contributed by atoms with Gasteiger partial charge in [-0.3, -0.25) is 4.90 Å². The Balaban J connectivity index is 1.13. The minimum absolute atomic E-state index is 0.373. The van der Waals surface area contributed by atoms with Gasteiger partial charge in [0.25, 0.3) is 0 Å². The van der Waals surface area contributed by atoms with Gasteiger partial charge in [0.1, 0.15) is 11.5 Å². The topological polar surface area (TPSA) is 95.9 Å². The molecule has 4 aromatic rings. The molecule has 1 saturated carbocycles. The van der Waals surface area contributed by atoms with E-state index in [0.717, 1.165) is 60.2 Å². The van der Waals surface area contributed by atoms with Crippen molar-refractivity contribution in [3.63, 3.8) is 0 Å². The molecule has 194 valence electrons. The van der Waals surface area contributed by atoms with Crippen LogP contribution >= 0.6 is 0 Å². The summed E-state index contributed by atoms with van der Waals surface area (Å²) in [6, 6.07) is 21.4. The maximum Gasteiger partial charge on any atom is 0.231 e. The number of H-pyrrole nitrogens is 1. The lowest BCUT2D eigenvalue weighted by Gasteiger charge is -2.41. The van der Waals surface area contributed by atoms with Crippen molar-refractivity contribution in [2.45, 2.75) is 44.6 Å². The van der Waals surface area contributed by atoms with E-state index in [0.29, 0.717) is 18.2 Å². The molecule has 2 aromatic carbocycles. The lowest BCUT2D eigenvalue weighted by atomic mass is 9.94. The van der Waals surface area contributed by atoms with Crippen LogP contribution < -0.4 is 15.5 Å². The third kappa shape index (κ3) is 5.43. The molecule has 0 bridgehead atoms. The lowest BCUT2D eigenvalue weighted by molar-refractivity contribution is 0.148. The van der Waals surface area contributed by atoms with Gasteiger partial charge in [-0.05, 0) is 60.9 Å². The van der Waals surface area contributed by atoms with Crippen LogP contribution in [0.1, 0.15) is 37.7 Å². The highest BCUT2D eigenvalue weighted by Gasteiger charge is 2.25. The molecule has 0 atom stereocenters. The molecule has 2 fully saturated rings. The SMILES string of the molecule is N#CCc1cccc(Nc2nc(Nc3ccc(N4CCN(C5CCCCC5)CC4)cc3)nc3[nH]ccc23)c1. The Kier molecular flexibility index (Phi) is 7.10. The number of anilines is 5. The molecule has 2 aromatic heterocycles. The number of aromatic amines is 1. The molecular formula is C30H34N8. The van der Waals surface area contributed by atoms with E-state index < -0.39 is 0 Å². The molecule has 2 aliphatic rings. The van der Waals surface area contributed by atoms with Crippen LogP contribution in [-0.4, -0.2) is 52.1 Å². The Hall–Kier alpha value is -4.09. The second-order valence-electron chi connectivity index (χ2n) is 10.3. The zero-order chi connectivity index (χ0) is 25.7. The number of aromatic nitrogens is 3. The molecule has 6 rings (SSSR count). The third-order valence-corrected chi connectivity index (χ3v) is 7.78. The largest absolute Gasteiger partial charge is 0.369 e. The Labute approximate surface area is 223 Å². The zero-order valence-electron chi connectivity index (χ0n) is 21.7. The van der Waals surface area contributed by atoms with Crippen molar-refractivity contribution in [1.29, 1.82) is 5.26 Å². The van der Waals surface area contributed by atoms with Crippen molar-refractivity contribution in [2.24, 2.45) is 0 Å². The summed E-state index contributed by atoms with van der Waals surface area (Å²) in [6.45, 7) is 4.48. The van der Waals surface area contributed by atoms with Crippen LogP contribution in [0, 0.1) is 11.3 Å². The number of hydrogen-bond donors (Lipinski definition) is 3. The van der Waals surface area contributed by atoms with E-state index in [-0.39, 0.29) is 0 Å². The van der Waals surface area contributed by atoms with Crippen LogP contribution in [0.2, 0.25) is 0 Å². The van der Waals surface area contributed by atoms with Gasteiger partial charge in [0.2, 0.25) is 5.95 Å². The number of hydrogen-bond acceptors (Lipinski definition) is 7. The molecule has 0 unspecified atom stereocenters. The predicted molar refractivity (Wildman–Crippen MR) is 153 cm³/mol. The minimum atomic E-state index is 0.373. The highest BCUT2D eigenvalue weighted by atomic mass is 15.3. The van der Waals surface area contributed by atoms with Crippen LogP contribution in [-0.2, 0) is 6.42 Å². The number of nitrogens with zero attached hydrogens (tertiary/aromatic N) is 5. The van der Waals surface area contributed by atoms with Gasteiger partial charge in [0.05, 0.1) is 17.9 Å². The van der Waals surface area contributed by atoms with E-state index in [9.17, 15) is 0 Å². The zero-order valence-corrected chi connectivity index (χ0v) is 21.7. The number of fused-ring (bicyclic) bond motifs is 1. The highest BCUT2D eigenvalue weighted by Crippen LogP contribution is 2.28. The maximum absolute atomic E-state index is 9.03. The molecule has 8 heteroatoms. The van der Waals surface area contributed by atoms with Gasteiger partial charge >= 0.3 is 0 Å². The molecule has 3 N–H and O–H groups in total. The fourth-order valence-electron chi connectivity index (χ4n) is 5.76. The second-order valence-corrected chi connectivity index (χ2v) is 10.3. The van der Waals surface area contributed by atoms with Gasteiger partial charge in [-0.15, -0.1) is 0 Å². The summed E-state index contributed by atoms with van der Waals surface area (Å²) >= 11 is 0. The van der Waals surface area contributed by atoms with E-state index in [4.69, 9.17) is 10.2 Å². The van der Waals surface area contributed by atoms with Crippen molar-refractivity contribution >= 4 is 39.9 Å². The summed E-state index contributed by atoms with van der Waals surface area (Å²) in [5.41, 5.74) is 4.82. The van der Waals surface area contributed by atoms with Crippen molar-refractivity contribution in [3.8, 4) is 6.07 Å². The molecule has 1 aliphatic carbocycles. The minimum Gasteiger partial charge on any atom is -0.369 e. The van der Waals surface area contributed by atoms with E-state index in [1.165, 1.54) is 37.8 Å². The van der Waals surface area contributed by atoms with Gasteiger partial charge in [0, 0.05) is 55.5 Å². The molecular weight excluding hydrogens is 472 g/mol. The Bertz CT molecular complexity index is 1410. The third-order valence-electron chi connectivity index (χ3n) is 7.78. The van der Waals surface area contributed by atoms with Crippen LogP contribution in [0.5, 0.6) is 0 Å². The predicted octanol–water partition coefficient (Wildman–Crippen LogP) is 5.97. The normalized spacial score (nSPS) is 16.9. The van der Waals surface area contributed by atoms with Gasteiger partial charge < -0.3 is 20.5 Å². The van der Waals surface area contributed by atoms with Crippen molar-refractivity contribution < 1.29 is 0 Å². The molecule has 3 heterocycles. The van der Waals surface area contributed by atoms with Gasteiger partial charge in [0.15, 0.2) is 0 Å². The average molecular weight is 507 g/mol. The molecule has 0 radical (unpaired) electrons. The van der Waals surface area contributed by atoms with E-state index in [1.54, 1.807) is 0 Å². The quantitative estimate of drug-likeness (QED) is 0.284. The molecule has 38 heavy (non-hydrogen) atoms. The molecule has 1 aliphatic heterocycles. The maximum atomic E-state index is 9.03. The first-order valence-corrected chi connectivity index (χ1v) is 13.7. The first kappa shape index (κ1) is 24.3. The number of benzene rings is 2. The lowest BCUT2D eigenvalue weighted by Crippen LogP contribution is -2.50. The fraction of sp³-hybridized carbons (Fsp3) is 0.367. The monoisotopic (exact) mass is 506 g/mol. The standard InChI is InChI=1S/C30H34N8/c31-15-13-22-5-4-6-24(21-22)33-29-27-14-16-32-28(27)35-30(36-29)34-23-9-11-26(12-10-23)38-19-17-37(18-20-38)25-7-2-1-3-8-25/h4-6,9-12,14,16,21,25H,1-3,7-8,13,17-20H2,(H3,32,33,34,35,36). The van der Waals surface area contributed by atoms with Crippen LogP contribution in [0.15, 0.2) is 60.8 Å². The summed E-state index contributed by atoms with van der Waals surface area (Å²) in [6.07, 6.45) is 9.19. The van der Waals surface area contributed by atoms with Gasteiger partial charge in [-0.25, -0.2) is 0 Å². The first-order chi connectivity index (χ1) is 18.7. The summed E-state index contributed by atoms with van der Waals surface area (Å²) in [5.74, 6) is 1.23. The van der Waals surface area contributed by atoms with Gasteiger partial charge in [-0.2, -0.15) is 15.2 Å². The number of piperazine rings is 1. The smallest absolute Gasteiger partial charge is 0.231 e. The highest BCUT2D eigenvalue weighted by molar-refractivity contribution is 5.90. The van der Waals surface area contributed by atoms with E-state index in [2.05, 4.69) is 60.7 Å². The Morgan fingerprint density at radius 3 is 2.50 bits per heavy atom. The Morgan fingerprint density at radius 2 is 1.71 bits per heavy atom. The second kappa shape index (κ2) is 11.1. The van der Waals surface area contributed by atoms with Gasteiger partial charge in [-0.1, -0.05) is 31.4 Å².